The van der Waals surface area contributed by atoms with E-state index in [1.807, 2.05) is 54.6 Å². The van der Waals surface area contributed by atoms with Gasteiger partial charge < -0.3 is 10.5 Å². The van der Waals surface area contributed by atoms with Gasteiger partial charge in [-0.3, -0.25) is 5.10 Å². The first kappa shape index (κ1) is 17.4. The SMILES string of the molecule is N#CC1=C(N)Oc2n[nH]c(-c3ccc(Cl)cc3)c2[C@@H]1c1ccc2ccccc2c1. The van der Waals surface area contributed by atoms with Crippen molar-refractivity contribution in [1.29, 1.82) is 5.26 Å². The molecule has 0 saturated heterocycles. The highest BCUT2D eigenvalue weighted by atomic mass is 35.5. The van der Waals surface area contributed by atoms with Crippen LogP contribution in [0.2, 0.25) is 5.02 Å². The minimum absolute atomic E-state index is 0.0762. The molecule has 3 N–H and O–H groups in total. The van der Waals surface area contributed by atoms with Crippen LogP contribution in [0.1, 0.15) is 17.0 Å². The zero-order valence-electron chi connectivity index (χ0n) is 15.2. The summed E-state index contributed by atoms with van der Waals surface area (Å²) in [4.78, 5) is 0. The second-order valence-corrected chi connectivity index (χ2v) is 7.29. The molecule has 0 amide bonds. The highest BCUT2D eigenvalue weighted by molar-refractivity contribution is 6.30. The largest absolute Gasteiger partial charge is 0.420 e. The molecule has 140 valence electrons. The van der Waals surface area contributed by atoms with E-state index in [4.69, 9.17) is 22.1 Å². The number of ether oxygens (including phenoxy) is 1. The van der Waals surface area contributed by atoms with Gasteiger partial charge in [0.2, 0.25) is 11.8 Å². The molecule has 2 heterocycles. The molecule has 4 aromatic rings. The third-order valence-corrected chi connectivity index (χ3v) is 5.43. The molecule has 1 aliphatic heterocycles. The molecular formula is C23H15ClN4O. The lowest BCUT2D eigenvalue weighted by atomic mass is 9.82. The molecule has 1 aliphatic rings. The third kappa shape index (κ3) is 2.82. The molecule has 0 spiro atoms. The molecule has 0 aliphatic carbocycles. The van der Waals surface area contributed by atoms with Crippen molar-refractivity contribution in [2.75, 3.05) is 0 Å². The van der Waals surface area contributed by atoms with Crippen LogP contribution >= 0.6 is 11.6 Å². The first-order valence-electron chi connectivity index (χ1n) is 9.06. The van der Waals surface area contributed by atoms with Crippen molar-refractivity contribution < 1.29 is 4.74 Å². The van der Waals surface area contributed by atoms with Crippen LogP contribution in [0.3, 0.4) is 0 Å². The van der Waals surface area contributed by atoms with Crippen molar-refractivity contribution in [3.8, 4) is 23.2 Å². The van der Waals surface area contributed by atoms with E-state index in [0.717, 1.165) is 33.2 Å². The molecule has 0 radical (unpaired) electrons. The highest BCUT2D eigenvalue weighted by Crippen LogP contribution is 2.46. The van der Waals surface area contributed by atoms with Gasteiger partial charge in [-0.25, -0.2) is 0 Å². The summed E-state index contributed by atoms with van der Waals surface area (Å²) >= 11 is 6.04. The lowest BCUT2D eigenvalue weighted by molar-refractivity contribution is 0.379. The number of fused-ring (bicyclic) bond motifs is 2. The Balaban J connectivity index is 1.74. The molecule has 6 heteroatoms. The summed E-state index contributed by atoms with van der Waals surface area (Å²) < 4.78 is 5.67. The second-order valence-electron chi connectivity index (χ2n) is 6.86. The number of benzene rings is 3. The molecule has 0 saturated carbocycles. The number of nitrogens with two attached hydrogens (primary N) is 1. The maximum Gasteiger partial charge on any atom is 0.244 e. The minimum atomic E-state index is -0.391. The maximum absolute atomic E-state index is 9.85. The summed E-state index contributed by atoms with van der Waals surface area (Å²) in [6.07, 6.45) is 0. The summed E-state index contributed by atoms with van der Waals surface area (Å²) in [7, 11) is 0. The number of nitrogens with one attached hydrogen (secondary N) is 1. The fraction of sp³-hybridized carbons (Fsp3) is 0.0435. The Bertz CT molecular complexity index is 1310. The molecule has 1 aromatic heterocycles. The standard InChI is InChI=1S/C23H15ClN4O/c24-17-9-7-14(8-10-17)21-20-19(18(12-25)22(26)29-23(20)28-27-21)16-6-5-13-3-1-2-4-15(13)11-16/h1-11,19H,26H2,(H,27,28)/t19-/m1/s1. The Morgan fingerprint density at radius 3 is 2.55 bits per heavy atom. The number of hydrogen-bond donors (Lipinski definition) is 2. The Hall–Kier alpha value is -3.75. The lowest BCUT2D eigenvalue weighted by Crippen LogP contribution is -2.21. The summed E-state index contributed by atoms with van der Waals surface area (Å²) in [6.45, 7) is 0. The van der Waals surface area contributed by atoms with Crippen molar-refractivity contribution in [2.45, 2.75) is 5.92 Å². The van der Waals surface area contributed by atoms with Gasteiger partial charge in [-0.1, -0.05) is 66.2 Å². The van der Waals surface area contributed by atoms with Crippen LogP contribution in [-0.4, -0.2) is 10.2 Å². The molecule has 3 aromatic carbocycles. The fourth-order valence-corrected chi connectivity index (χ4v) is 3.93. The summed E-state index contributed by atoms with van der Waals surface area (Å²) in [5.41, 5.74) is 9.85. The molecule has 0 fully saturated rings. The van der Waals surface area contributed by atoms with Gasteiger partial charge in [0.1, 0.15) is 11.6 Å². The average Bonchev–Trinajstić information content (AvgIpc) is 3.16. The number of nitriles is 1. The smallest absolute Gasteiger partial charge is 0.244 e. The van der Waals surface area contributed by atoms with Gasteiger partial charge in [0.05, 0.1) is 17.2 Å². The van der Waals surface area contributed by atoms with Crippen molar-refractivity contribution in [2.24, 2.45) is 5.73 Å². The van der Waals surface area contributed by atoms with Gasteiger partial charge in [-0.15, -0.1) is 5.10 Å². The maximum atomic E-state index is 9.85. The molecule has 0 unspecified atom stereocenters. The quantitative estimate of drug-likeness (QED) is 0.491. The van der Waals surface area contributed by atoms with Crippen LogP contribution in [0.5, 0.6) is 5.88 Å². The van der Waals surface area contributed by atoms with Crippen molar-refractivity contribution in [3.05, 3.63) is 94.3 Å². The third-order valence-electron chi connectivity index (χ3n) is 5.18. The van der Waals surface area contributed by atoms with Gasteiger partial charge in [-0.05, 0) is 28.5 Å². The Morgan fingerprint density at radius 1 is 1.03 bits per heavy atom. The van der Waals surface area contributed by atoms with Gasteiger partial charge in [0, 0.05) is 10.6 Å². The van der Waals surface area contributed by atoms with Gasteiger partial charge >= 0.3 is 0 Å². The number of nitrogens with zero attached hydrogens (tertiary/aromatic N) is 2. The van der Waals surface area contributed by atoms with Crippen molar-refractivity contribution in [1.82, 2.24) is 10.2 Å². The fourth-order valence-electron chi connectivity index (χ4n) is 3.80. The van der Waals surface area contributed by atoms with E-state index >= 15 is 0 Å². The molecular weight excluding hydrogens is 384 g/mol. The van der Waals surface area contributed by atoms with Crippen LogP contribution in [-0.2, 0) is 0 Å². The molecule has 5 rings (SSSR count). The van der Waals surface area contributed by atoms with E-state index in [9.17, 15) is 5.26 Å². The van der Waals surface area contributed by atoms with E-state index in [-0.39, 0.29) is 5.88 Å². The van der Waals surface area contributed by atoms with E-state index in [0.29, 0.717) is 16.5 Å². The Kier molecular flexibility index (Phi) is 4.01. The van der Waals surface area contributed by atoms with Crippen LogP contribution in [0.25, 0.3) is 22.0 Å². The summed E-state index contributed by atoms with van der Waals surface area (Å²) in [5, 5.41) is 20.1. The minimum Gasteiger partial charge on any atom is -0.420 e. The number of aromatic amines is 1. The van der Waals surface area contributed by atoms with Crippen LogP contribution < -0.4 is 10.5 Å². The van der Waals surface area contributed by atoms with E-state index in [2.05, 4.69) is 28.4 Å². The lowest BCUT2D eigenvalue weighted by Gasteiger charge is -2.24. The first-order chi connectivity index (χ1) is 14.2. The average molecular weight is 399 g/mol. The topological polar surface area (TPSA) is 87.7 Å². The zero-order chi connectivity index (χ0) is 20.0. The monoisotopic (exact) mass is 398 g/mol. The molecule has 1 atom stereocenters. The summed E-state index contributed by atoms with van der Waals surface area (Å²) in [6, 6.07) is 23.9. The number of halogens is 1. The number of hydrogen-bond acceptors (Lipinski definition) is 4. The number of allylic oxidation sites excluding steroid dienone is 1. The van der Waals surface area contributed by atoms with E-state index < -0.39 is 5.92 Å². The number of H-pyrrole nitrogens is 1. The predicted molar refractivity (Wildman–Crippen MR) is 112 cm³/mol. The van der Waals surface area contributed by atoms with Crippen LogP contribution in [0.4, 0.5) is 0 Å². The molecule has 0 bridgehead atoms. The molecule has 29 heavy (non-hydrogen) atoms. The normalized spacial score (nSPS) is 15.7. The van der Waals surface area contributed by atoms with Gasteiger partial charge in [0.25, 0.3) is 0 Å². The first-order valence-corrected chi connectivity index (χ1v) is 9.44. The van der Waals surface area contributed by atoms with Gasteiger partial charge in [0.15, 0.2) is 0 Å². The van der Waals surface area contributed by atoms with Crippen molar-refractivity contribution in [3.63, 3.8) is 0 Å². The summed E-state index contributed by atoms with van der Waals surface area (Å²) in [5.74, 6) is 0.0645. The highest BCUT2D eigenvalue weighted by Gasteiger charge is 2.35. The molecule has 5 nitrogen and oxygen atoms in total. The zero-order valence-corrected chi connectivity index (χ0v) is 15.9. The Morgan fingerprint density at radius 2 is 1.79 bits per heavy atom. The van der Waals surface area contributed by atoms with Gasteiger partial charge in [-0.2, -0.15) is 5.26 Å². The van der Waals surface area contributed by atoms with Crippen LogP contribution in [0.15, 0.2) is 78.2 Å². The Labute approximate surface area is 172 Å². The number of aromatic nitrogens is 2. The van der Waals surface area contributed by atoms with Crippen LogP contribution in [0, 0.1) is 11.3 Å². The van der Waals surface area contributed by atoms with E-state index in [1.54, 1.807) is 0 Å². The van der Waals surface area contributed by atoms with E-state index in [1.165, 1.54) is 0 Å². The van der Waals surface area contributed by atoms with Crippen molar-refractivity contribution >= 4 is 22.4 Å². The predicted octanol–water partition coefficient (Wildman–Crippen LogP) is 5.10. The number of rotatable bonds is 2. The second kappa shape index (κ2) is 6.69.